The molecule has 0 saturated carbocycles. The van der Waals surface area contributed by atoms with Crippen LogP contribution in [0.3, 0.4) is 0 Å². The molecule has 2 aliphatic rings. The average molecular weight is 384 g/mol. The van der Waals surface area contributed by atoms with E-state index in [-0.39, 0.29) is 6.10 Å². The van der Waals surface area contributed by atoms with Crippen LogP contribution in [0.15, 0.2) is 12.4 Å². The molecule has 0 spiro atoms. The molecule has 2 fully saturated rings. The molecule has 2 aromatic heterocycles. The lowest BCUT2D eigenvalue weighted by atomic mass is 10.1. The fraction of sp³-hybridized carbons (Fsp3) is 0.650. The lowest BCUT2D eigenvalue weighted by Crippen LogP contribution is -2.44. The topological polar surface area (TPSA) is 62.0 Å². The Morgan fingerprint density at radius 1 is 1.07 bits per heavy atom. The average Bonchev–Trinajstić information content (AvgIpc) is 3.11. The Balaban J connectivity index is 1.21. The largest absolute Gasteiger partial charge is 0.365 e. The van der Waals surface area contributed by atoms with Gasteiger partial charge in [-0.1, -0.05) is 11.8 Å². The molecule has 0 unspecified atom stereocenters. The molecule has 0 radical (unpaired) electrons. The zero-order valence-corrected chi connectivity index (χ0v) is 16.8. The van der Waals surface area contributed by atoms with E-state index < -0.39 is 0 Å². The van der Waals surface area contributed by atoms with Crippen molar-refractivity contribution in [2.75, 3.05) is 64.4 Å². The highest BCUT2D eigenvalue weighted by Gasteiger charge is 2.23. The van der Waals surface area contributed by atoms with Gasteiger partial charge in [-0.25, -0.2) is 4.98 Å². The molecule has 8 nitrogen and oxygen atoms in total. The molecule has 2 aliphatic heterocycles. The number of likely N-dealkylation sites (N-methyl/N-ethyl adjacent to an activating group) is 1. The summed E-state index contributed by atoms with van der Waals surface area (Å²) in [6.07, 6.45) is 5.96. The van der Waals surface area contributed by atoms with Crippen molar-refractivity contribution in [1.29, 1.82) is 0 Å². The number of hydrogen-bond acceptors (Lipinski definition) is 7. The normalized spacial score (nSPS) is 19.7. The van der Waals surface area contributed by atoms with Crippen LogP contribution in [0.5, 0.6) is 0 Å². The predicted molar refractivity (Wildman–Crippen MR) is 108 cm³/mol. The van der Waals surface area contributed by atoms with E-state index >= 15 is 0 Å². The second-order valence-corrected chi connectivity index (χ2v) is 7.62. The van der Waals surface area contributed by atoms with Crippen LogP contribution in [0, 0.1) is 18.8 Å². The number of ether oxygens (including phenoxy) is 1. The second kappa shape index (κ2) is 8.86. The number of aromatic nitrogens is 4. The molecule has 150 valence electrons. The molecule has 0 aromatic carbocycles. The van der Waals surface area contributed by atoms with E-state index in [2.05, 4.69) is 48.8 Å². The summed E-state index contributed by atoms with van der Waals surface area (Å²) in [5.74, 6) is 8.24. The van der Waals surface area contributed by atoms with E-state index in [0.29, 0.717) is 6.61 Å². The first kappa shape index (κ1) is 19.1. The molecule has 4 heterocycles. The highest BCUT2D eigenvalue weighted by molar-refractivity contribution is 5.63. The molecule has 4 rings (SSSR count). The van der Waals surface area contributed by atoms with Crippen molar-refractivity contribution in [3.8, 4) is 11.8 Å². The van der Waals surface area contributed by atoms with Gasteiger partial charge in [0.15, 0.2) is 5.82 Å². The number of piperidine rings is 1. The van der Waals surface area contributed by atoms with Crippen molar-refractivity contribution >= 4 is 11.5 Å². The van der Waals surface area contributed by atoms with Crippen molar-refractivity contribution in [3.05, 3.63) is 18.2 Å². The first-order valence-electron chi connectivity index (χ1n) is 10.1. The lowest BCUT2D eigenvalue weighted by Gasteiger charge is -2.32. The standard InChI is InChI=1S/C20H29N7O/c1-17-22-23-20-19(21-7-11-27(17)20)26-9-5-18(6-10-26)28-16-4-3-8-25-14-12-24(2)13-15-25/h7,11,18H,5-6,8-10,12-16H2,1-2H3. The summed E-state index contributed by atoms with van der Waals surface area (Å²) in [6, 6.07) is 0. The van der Waals surface area contributed by atoms with Gasteiger partial charge in [0.25, 0.3) is 0 Å². The van der Waals surface area contributed by atoms with Gasteiger partial charge in [-0.3, -0.25) is 9.30 Å². The number of nitrogens with zero attached hydrogens (tertiary/aromatic N) is 7. The summed E-state index contributed by atoms with van der Waals surface area (Å²) in [4.78, 5) is 11.6. The lowest BCUT2D eigenvalue weighted by molar-refractivity contribution is 0.0593. The van der Waals surface area contributed by atoms with Gasteiger partial charge in [0.05, 0.1) is 12.6 Å². The minimum atomic E-state index is 0.272. The van der Waals surface area contributed by atoms with Gasteiger partial charge in [-0.05, 0) is 26.8 Å². The van der Waals surface area contributed by atoms with E-state index in [1.165, 1.54) is 0 Å². The quantitative estimate of drug-likeness (QED) is 0.719. The number of hydrogen-bond donors (Lipinski definition) is 0. The van der Waals surface area contributed by atoms with E-state index in [1.54, 1.807) is 0 Å². The molecule has 0 bridgehead atoms. The van der Waals surface area contributed by atoms with Crippen LogP contribution in [0.25, 0.3) is 5.65 Å². The van der Waals surface area contributed by atoms with E-state index in [1.807, 2.05) is 23.7 Å². The number of piperazine rings is 1. The zero-order chi connectivity index (χ0) is 19.3. The second-order valence-electron chi connectivity index (χ2n) is 7.62. The molecule has 0 aliphatic carbocycles. The smallest absolute Gasteiger partial charge is 0.203 e. The summed E-state index contributed by atoms with van der Waals surface area (Å²) < 4.78 is 7.97. The maximum Gasteiger partial charge on any atom is 0.203 e. The number of aryl methyl sites for hydroxylation is 1. The number of anilines is 1. The fourth-order valence-electron chi connectivity index (χ4n) is 3.77. The van der Waals surface area contributed by atoms with Crippen molar-refractivity contribution in [1.82, 2.24) is 29.4 Å². The fourth-order valence-corrected chi connectivity index (χ4v) is 3.77. The maximum absolute atomic E-state index is 5.98. The minimum Gasteiger partial charge on any atom is -0.365 e. The van der Waals surface area contributed by atoms with Crippen LogP contribution in [0.1, 0.15) is 18.7 Å². The first-order valence-corrected chi connectivity index (χ1v) is 10.1. The van der Waals surface area contributed by atoms with Gasteiger partial charge in [0.2, 0.25) is 5.65 Å². The molecule has 2 aromatic rings. The maximum atomic E-state index is 5.98. The number of fused-ring (bicyclic) bond motifs is 1. The Kier molecular flexibility index (Phi) is 6.05. The number of rotatable bonds is 4. The van der Waals surface area contributed by atoms with E-state index in [0.717, 1.165) is 75.9 Å². The Morgan fingerprint density at radius 2 is 1.86 bits per heavy atom. The molecule has 0 N–H and O–H groups in total. The molecular weight excluding hydrogens is 354 g/mol. The third-order valence-corrected chi connectivity index (χ3v) is 5.64. The first-order chi connectivity index (χ1) is 13.7. The van der Waals surface area contributed by atoms with Gasteiger partial charge >= 0.3 is 0 Å². The van der Waals surface area contributed by atoms with Crippen LogP contribution in [0.4, 0.5) is 5.82 Å². The van der Waals surface area contributed by atoms with Crippen LogP contribution in [0.2, 0.25) is 0 Å². The molecule has 28 heavy (non-hydrogen) atoms. The SMILES string of the molecule is Cc1nnc2c(N3CCC(OCC#CCN4CCN(C)CC4)CC3)nccn12. The Labute approximate surface area is 166 Å². The predicted octanol–water partition coefficient (Wildman–Crippen LogP) is 0.669. The molecule has 8 heteroatoms. The monoisotopic (exact) mass is 383 g/mol. The molecule has 2 saturated heterocycles. The molecule has 0 atom stereocenters. The van der Waals surface area contributed by atoms with Crippen molar-refractivity contribution in [3.63, 3.8) is 0 Å². The summed E-state index contributed by atoms with van der Waals surface area (Å²) in [6.45, 7) is 9.64. The van der Waals surface area contributed by atoms with Crippen LogP contribution in [-0.4, -0.2) is 95.0 Å². The molecular formula is C20H29N7O. The van der Waals surface area contributed by atoms with E-state index in [9.17, 15) is 0 Å². The summed E-state index contributed by atoms with van der Waals surface area (Å²) in [5, 5.41) is 8.44. The van der Waals surface area contributed by atoms with Crippen LogP contribution >= 0.6 is 0 Å². The van der Waals surface area contributed by atoms with Crippen molar-refractivity contribution < 1.29 is 4.74 Å². The van der Waals surface area contributed by atoms with Crippen molar-refractivity contribution in [2.24, 2.45) is 0 Å². The highest BCUT2D eigenvalue weighted by atomic mass is 16.5. The van der Waals surface area contributed by atoms with Gasteiger partial charge in [0.1, 0.15) is 12.4 Å². The van der Waals surface area contributed by atoms with Gasteiger partial charge in [-0.15, -0.1) is 10.2 Å². The third-order valence-electron chi connectivity index (χ3n) is 5.64. The van der Waals surface area contributed by atoms with Crippen LogP contribution < -0.4 is 4.90 Å². The highest BCUT2D eigenvalue weighted by Crippen LogP contribution is 2.22. The summed E-state index contributed by atoms with van der Waals surface area (Å²) >= 11 is 0. The Bertz CT molecular complexity index is 839. The minimum absolute atomic E-state index is 0.272. The summed E-state index contributed by atoms with van der Waals surface area (Å²) in [7, 11) is 2.17. The molecule has 0 amide bonds. The van der Waals surface area contributed by atoms with Gasteiger partial charge in [0, 0.05) is 51.7 Å². The zero-order valence-electron chi connectivity index (χ0n) is 16.8. The summed E-state index contributed by atoms with van der Waals surface area (Å²) in [5.41, 5.74) is 0.828. The van der Waals surface area contributed by atoms with Gasteiger partial charge < -0.3 is 14.5 Å². The van der Waals surface area contributed by atoms with Crippen molar-refractivity contribution in [2.45, 2.75) is 25.9 Å². The van der Waals surface area contributed by atoms with E-state index in [4.69, 9.17) is 4.74 Å². The van der Waals surface area contributed by atoms with Gasteiger partial charge in [-0.2, -0.15) is 0 Å². The Morgan fingerprint density at radius 3 is 2.64 bits per heavy atom. The third kappa shape index (κ3) is 4.43. The van der Waals surface area contributed by atoms with Crippen LogP contribution in [-0.2, 0) is 4.74 Å². The Hall–Kier alpha value is -2.21.